The summed E-state index contributed by atoms with van der Waals surface area (Å²) in [6, 6.07) is -0.269. The van der Waals surface area contributed by atoms with Crippen molar-refractivity contribution >= 4 is 29.0 Å². The minimum Gasteiger partial charge on any atom is -0.480 e. The van der Waals surface area contributed by atoms with Gasteiger partial charge in [0, 0.05) is 0 Å². The molecule has 1 saturated heterocycles. The predicted octanol–water partition coefficient (Wildman–Crippen LogP) is -1.09. The Morgan fingerprint density at radius 1 is 1.67 bits per heavy atom. The molecule has 0 aromatic rings. The molecule has 50 valence electrons. The molecular formula is C5H11MgNO2. The van der Waals surface area contributed by atoms with E-state index in [2.05, 4.69) is 5.32 Å². The van der Waals surface area contributed by atoms with Crippen molar-refractivity contribution in [2.45, 2.75) is 18.9 Å². The van der Waals surface area contributed by atoms with Gasteiger partial charge in [0.25, 0.3) is 0 Å². The van der Waals surface area contributed by atoms with Gasteiger partial charge in [-0.1, -0.05) is 0 Å². The van der Waals surface area contributed by atoms with Crippen LogP contribution in [-0.2, 0) is 4.79 Å². The molecule has 0 unspecified atom stereocenters. The summed E-state index contributed by atoms with van der Waals surface area (Å²) in [5.41, 5.74) is 0. The van der Waals surface area contributed by atoms with Gasteiger partial charge in [-0.2, -0.15) is 0 Å². The molecule has 0 saturated carbocycles. The molecule has 1 aliphatic rings. The lowest BCUT2D eigenvalue weighted by Gasteiger charge is -1.99. The highest BCUT2D eigenvalue weighted by atomic mass is 24.3. The van der Waals surface area contributed by atoms with Crippen LogP contribution in [0, 0.1) is 0 Å². The Morgan fingerprint density at radius 2 is 2.33 bits per heavy atom. The molecule has 1 fully saturated rings. The molecule has 0 aromatic heterocycles. The van der Waals surface area contributed by atoms with Crippen LogP contribution in [-0.4, -0.2) is 46.7 Å². The van der Waals surface area contributed by atoms with Crippen molar-refractivity contribution in [2.24, 2.45) is 0 Å². The summed E-state index contributed by atoms with van der Waals surface area (Å²) >= 11 is 0. The fourth-order valence-electron chi connectivity index (χ4n) is 0.895. The number of rotatable bonds is 1. The van der Waals surface area contributed by atoms with Crippen LogP contribution in [0.5, 0.6) is 0 Å². The van der Waals surface area contributed by atoms with Crippen molar-refractivity contribution < 1.29 is 9.90 Å². The third-order valence-electron chi connectivity index (χ3n) is 1.36. The summed E-state index contributed by atoms with van der Waals surface area (Å²) in [6.07, 6.45) is 1.78. The van der Waals surface area contributed by atoms with E-state index in [1.807, 2.05) is 0 Å². The van der Waals surface area contributed by atoms with Crippen LogP contribution >= 0.6 is 0 Å². The Balaban J connectivity index is 0.000000640. The Morgan fingerprint density at radius 3 is 2.56 bits per heavy atom. The van der Waals surface area contributed by atoms with Crippen molar-refractivity contribution in [3.05, 3.63) is 0 Å². The largest absolute Gasteiger partial charge is 0.480 e. The first-order valence-corrected chi connectivity index (χ1v) is 2.77. The Hall–Kier alpha value is 0.196. The summed E-state index contributed by atoms with van der Waals surface area (Å²) in [5, 5.41) is 11.2. The predicted molar refractivity (Wildman–Crippen MR) is 37.2 cm³/mol. The number of hydrogen-bond acceptors (Lipinski definition) is 2. The smallest absolute Gasteiger partial charge is 0.320 e. The molecule has 1 atom stereocenters. The van der Waals surface area contributed by atoms with E-state index in [9.17, 15) is 4.79 Å². The maximum Gasteiger partial charge on any atom is 0.320 e. The van der Waals surface area contributed by atoms with Crippen LogP contribution in [0.2, 0.25) is 0 Å². The summed E-state index contributed by atoms with van der Waals surface area (Å²) in [6.45, 7) is 0.858. The van der Waals surface area contributed by atoms with E-state index in [0.29, 0.717) is 0 Å². The van der Waals surface area contributed by atoms with Gasteiger partial charge in [-0.15, -0.1) is 0 Å². The lowest BCUT2D eigenvalue weighted by atomic mass is 10.2. The molecule has 1 aliphatic heterocycles. The standard InChI is InChI=1S/C5H9NO2.Mg.2H/c7-5(8)4-2-1-3-6-4;;;/h4,6H,1-3H2,(H,7,8);;;/t4-;;;/m0.../s1. The average molecular weight is 141 g/mol. The quantitative estimate of drug-likeness (QED) is 0.456. The van der Waals surface area contributed by atoms with Crippen LogP contribution in [0.4, 0.5) is 0 Å². The Bertz CT molecular complexity index is 101. The summed E-state index contributed by atoms with van der Waals surface area (Å²) in [5.74, 6) is -0.720. The first-order chi connectivity index (χ1) is 3.80. The van der Waals surface area contributed by atoms with Gasteiger partial charge in [-0.3, -0.25) is 4.79 Å². The number of hydrogen-bond donors (Lipinski definition) is 2. The number of carboxylic acid groups (broad SMARTS) is 1. The van der Waals surface area contributed by atoms with Gasteiger partial charge in [-0.05, 0) is 19.4 Å². The fraction of sp³-hybridized carbons (Fsp3) is 0.800. The van der Waals surface area contributed by atoms with Gasteiger partial charge in [-0.25, -0.2) is 0 Å². The van der Waals surface area contributed by atoms with E-state index in [1.165, 1.54) is 0 Å². The molecule has 0 spiro atoms. The van der Waals surface area contributed by atoms with Gasteiger partial charge >= 0.3 is 29.0 Å². The normalized spacial score (nSPS) is 25.1. The zero-order valence-electron chi connectivity index (χ0n) is 4.55. The topological polar surface area (TPSA) is 49.3 Å². The maximum atomic E-state index is 10.1. The van der Waals surface area contributed by atoms with E-state index >= 15 is 0 Å². The fourth-order valence-corrected chi connectivity index (χ4v) is 0.895. The summed E-state index contributed by atoms with van der Waals surface area (Å²) < 4.78 is 0. The van der Waals surface area contributed by atoms with Gasteiger partial charge in [0.05, 0.1) is 0 Å². The highest BCUT2D eigenvalue weighted by Crippen LogP contribution is 2.03. The van der Waals surface area contributed by atoms with E-state index in [0.717, 1.165) is 19.4 Å². The molecule has 1 rings (SSSR count). The van der Waals surface area contributed by atoms with E-state index in [-0.39, 0.29) is 29.1 Å². The highest BCUT2D eigenvalue weighted by Gasteiger charge is 2.20. The third kappa shape index (κ3) is 2.51. The molecule has 0 amide bonds. The van der Waals surface area contributed by atoms with Crippen molar-refractivity contribution in [3.8, 4) is 0 Å². The molecule has 4 heteroatoms. The SMILES string of the molecule is O=C(O)[C@@H]1CCCN1.[MgH2]. The second-order valence-corrected chi connectivity index (χ2v) is 1.99. The monoisotopic (exact) mass is 141 g/mol. The van der Waals surface area contributed by atoms with Gasteiger partial charge in [0.2, 0.25) is 0 Å². The molecule has 2 N–H and O–H groups in total. The third-order valence-corrected chi connectivity index (χ3v) is 1.36. The molecule has 3 nitrogen and oxygen atoms in total. The van der Waals surface area contributed by atoms with Crippen LogP contribution < -0.4 is 5.32 Å². The number of nitrogens with one attached hydrogen (secondary N) is 1. The molecule has 1 heterocycles. The van der Waals surface area contributed by atoms with Gasteiger partial charge < -0.3 is 10.4 Å². The first kappa shape index (κ1) is 9.20. The first-order valence-electron chi connectivity index (χ1n) is 2.77. The van der Waals surface area contributed by atoms with Crippen LogP contribution in [0.3, 0.4) is 0 Å². The lowest BCUT2D eigenvalue weighted by Crippen LogP contribution is -2.29. The number of carbonyl (C=O) groups is 1. The highest BCUT2D eigenvalue weighted by molar-refractivity contribution is 5.75. The Kier molecular flexibility index (Phi) is 4.17. The van der Waals surface area contributed by atoms with Gasteiger partial charge in [0.15, 0.2) is 0 Å². The van der Waals surface area contributed by atoms with E-state index < -0.39 is 5.97 Å². The van der Waals surface area contributed by atoms with Crippen LogP contribution in [0.1, 0.15) is 12.8 Å². The number of carboxylic acids is 1. The Labute approximate surface area is 70.0 Å². The summed E-state index contributed by atoms with van der Waals surface area (Å²) in [7, 11) is 0. The van der Waals surface area contributed by atoms with E-state index in [4.69, 9.17) is 5.11 Å². The second kappa shape index (κ2) is 4.08. The van der Waals surface area contributed by atoms with E-state index in [1.54, 1.807) is 0 Å². The minimum absolute atomic E-state index is 0. The molecule has 9 heavy (non-hydrogen) atoms. The van der Waals surface area contributed by atoms with Crippen molar-refractivity contribution in [3.63, 3.8) is 0 Å². The van der Waals surface area contributed by atoms with Gasteiger partial charge in [0.1, 0.15) is 6.04 Å². The van der Waals surface area contributed by atoms with Crippen molar-refractivity contribution in [1.82, 2.24) is 5.32 Å². The zero-order valence-corrected chi connectivity index (χ0v) is 4.55. The molecule has 0 bridgehead atoms. The zero-order chi connectivity index (χ0) is 5.98. The van der Waals surface area contributed by atoms with Crippen LogP contribution in [0.25, 0.3) is 0 Å². The molecule has 0 radical (unpaired) electrons. The molecular weight excluding hydrogens is 130 g/mol. The minimum atomic E-state index is -0.720. The average Bonchev–Trinajstić information content (AvgIpc) is 2.12. The summed E-state index contributed by atoms with van der Waals surface area (Å²) in [4.78, 5) is 10.1. The molecule has 0 aliphatic carbocycles. The maximum absolute atomic E-state index is 10.1. The molecule has 0 aromatic carbocycles. The van der Waals surface area contributed by atoms with Crippen LogP contribution in [0.15, 0.2) is 0 Å². The van der Waals surface area contributed by atoms with Crippen molar-refractivity contribution in [1.29, 1.82) is 0 Å². The van der Waals surface area contributed by atoms with Crippen molar-refractivity contribution in [2.75, 3.05) is 6.54 Å². The second-order valence-electron chi connectivity index (χ2n) is 1.99. The number of aliphatic carboxylic acids is 1. The lowest BCUT2D eigenvalue weighted by molar-refractivity contribution is -0.139.